The Morgan fingerprint density at radius 2 is 1.96 bits per heavy atom. The molecule has 5 N–H and O–H groups in total. The smallest absolute Gasteiger partial charge is 0.395 e. The average Bonchev–Trinajstić information content (AvgIpc) is 3.05. The second kappa shape index (κ2) is 6.46. The molecule has 0 atom stereocenters. The summed E-state index contributed by atoms with van der Waals surface area (Å²) in [6, 6.07) is 3.50. The van der Waals surface area contributed by atoms with Crippen LogP contribution in [0, 0.1) is 0 Å². The fraction of sp³-hybridized carbons (Fsp3) is 0.250. The highest BCUT2D eigenvalue weighted by Crippen LogP contribution is 2.39. The van der Waals surface area contributed by atoms with Gasteiger partial charge in [-0.05, 0) is 23.8 Å². The third-order valence-electron chi connectivity index (χ3n) is 4.07. The van der Waals surface area contributed by atoms with Crippen LogP contribution in [0.1, 0.15) is 11.1 Å². The number of rotatable bonds is 4. The number of alkyl halides is 3. The molecule has 2 heterocycles. The van der Waals surface area contributed by atoms with Gasteiger partial charge in [-0.3, -0.25) is 14.2 Å². The van der Waals surface area contributed by atoms with Crippen molar-refractivity contribution in [2.75, 3.05) is 6.61 Å². The minimum atomic E-state index is -4.70. The highest BCUT2D eigenvalue weighted by molar-refractivity contribution is 5.84. The lowest BCUT2D eigenvalue weighted by Crippen LogP contribution is -2.37. The molecule has 0 aliphatic rings. The molecule has 0 saturated carbocycles. The molecular weight excluding hydrogens is 353 g/mol. The Hall–Kier alpha value is -2.85. The van der Waals surface area contributed by atoms with Crippen molar-refractivity contribution in [3.05, 3.63) is 56.2 Å². The number of aliphatic hydroxyl groups is 1. The third-order valence-corrected chi connectivity index (χ3v) is 4.07. The van der Waals surface area contributed by atoms with Crippen molar-refractivity contribution >= 4 is 11.0 Å². The SMILES string of the molecule is NCc1cc[nH]c1-c1cc2c(cc1C(F)(F)F)[nH]c(=O)c(=O)n2CCO. The molecule has 0 amide bonds. The maximum Gasteiger partial charge on any atom is 0.417 e. The van der Waals surface area contributed by atoms with E-state index in [9.17, 15) is 22.8 Å². The van der Waals surface area contributed by atoms with Crippen molar-refractivity contribution in [2.45, 2.75) is 19.3 Å². The normalized spacial score (nSPS) is 12.0. The summed E-state index contributed by atoms with van der Waals surface area (Å²) in [7, 11) is 0. The van der Waals surface area contributed by atoms with Gasteiger partial charge in [-0.1, -0.05) is 0 Å². The van der Waals surface area contributed by atoms with Crippen molar-refractivity contribution in [2.24, 2.45) is 5.73 Å². The average molecular weight is 368 g/mol. The van der Waals surface area contributed by atoms with E-state index in [1.807, 2.05) is 0 Å². The van der Waals surface area contributed by atoms with E-state index in [0.29, 0.717) is 5.56 Å². The number of H-pyrrole nitrogens is 2. The lowest BCUT2D eigenvalue weighted by molar-refractivity contribution is -0.137. The summed E-state index contributed by atoms with van der Waals surface area (Å²) in [5.41, 5.74) is 2.96. The lowest BCUT2D eigenvalue weighted by Gasteiger charge is -2.16. The second-order valence-electron chi connectivity index (χ2n) is 5.63. The maximum atomic E-state index is 13.6. The zero-order chi connectivity index (χ0) is 19.1. The van der Waals surface area contributed by atoms with Crippen LogP contribution in [0.4, 0.5) is 13.2 Å². The molecule has 0 bridgehead atoms. The van der Waals surface area contributed by atoms with Crippen LogP contribution in [0.3, 0.4) is 0 Å². The van der Waals surface area contributed by atoms with Crippen LogP contribution in [0.2, 0.25) is 0 Å². The molecule has 1 aromatic carbocycles. The van der Waals surface area contributed by atoms with Crippen LogP contribution < -0.4 is 16.9 Å². The molecular formula is C16H15F3N4O3. The Labute approximate surface area is 143 Å². The van der Waals surface area contributed by atoms with Crippen molar-refractivity contribution in [3.63, 3.8) is 0 Å². The highest BCUT2D eigenvalue weighted by Gasteiger charge is 2.35. The van der Waals surface area contributed by atoms with Crippen LogP contribution in [0.15, 0.2) is 34.0 Å². The quantitative estimate of drug-likeness (QED) is 0.517. The van der Waals surface area contributed by atoms with Gasteiger partial charge in [-0.15, -0.1) is 0 Å². The van der Waals surface area contributed by atoms with Crippen LogP contribution >= 0.6 is 0 Å². The van der Waals surface area contributed by atoms with Crippen molar-refractivity contribution in [1.82, 2.24) is 14.5 Å². The van der Waals surface area contributed by atoms with E-state index in [2.05, 4.69) is 9.97 Å². The highest BCUT2D eigenvalue weighted by atomic mass is 19.4. The second-order valence-corrected chi connectivity index (χ2v) is 5.63. The van der Waals surface area contributed by atoms with Gasteiger partial charge in [0.05, 0.1) is 28.9 Å². The van der Waals surface area contributed by atoms with Crippen LogP contribution in [-0.4, -0.2) is 26.2 Å². The molecule has 3 rings (SSSR count). The van der Waals surface area contributed by atoms with E-state index >= 15 is 0 Å². The molecule has 0 spiro atoms. The minimum absolute atomic E-state index is 0.0171. The molecule has 138 valence electrons. The van der Waals surface area contributed by atoms with Gasteiger partial charge in [-0.2, -0.15) is 13.2 Å². The first kappa shape index (κ1) is 18.0. The summed E-state index contributed by atoms with van der Waals surface area (Å²) in [6.07, 6.45) is -3.23. The van der Waals surface area contributed by atoms with Crippen molar-refractivity contribution < 1.29 is 18.3 Å². The zero-order valence-corrected chi connectivity index (χ0v) is 13.4. The van der Waals surface area contributed by atoms with E-state index in [1.54, 1.807) is 6.07 Å². The number of nitrogens with one attached hydrogen (secondary N) is 2. The van der Waals surface area contributed by atoms with E-state index in [0.717, 1.165) is 16.7 Å². The number of nitrogens with two attached hydrogens (primary N) is 1. The fourth-order valence-corrected chi connectivity index (χ4v) is 2.91. The molecule has 0 aliphatic heterocycles. The molecule has 0 radical (unpaired) electrons. The molecule has 10 heteroatoms. The van der Waals surface area contributed by atoms with Crippen LogP contribution in [0.5, 0.6) is 0 Å². The number of benzene rings is 1. The number of halogens is 3. The summed E-state index contributed by atoms with van der Waals surface area (Å²) < 4.78 is 41.7. The van der Waals surface area contributed by atoms with E-state index in [-0.39, 0.29) is 35.4 Å². The zero-order valence-electron chi connectivity index (χ0n) is 13.4. The molecule has 0 fully saturated rings. The van der Waals surface area contributed by atoms with E-state index in [4.69, 9.17) is 10.8 Å². The first-order chi connectivity index (χ1) is 12.3. The van der Waals surface area contributed by atoms with Crippen molar-refractivity contribution in [3.8, 4) is 11.3 Å². The number of hydrogen-bond donors (Lipinski definition) is 4. The Bertz CT molecular complexity index is 1080. The maximum absolute atomic E-state index is 13.6. The minimum Gasteiger partial charge on any atom is -0.395 e. The number of aromatic nitrogens is 3. The van der Waals surface area contributed by atoms with Gasteiger partial charge in [0.2, 0.25) is 0 Å². The third kappa shape index (κ3) is 2.93. The Kier molecular flexibility index (Phi) is 4.46. The van der Waals surface area contributed by atoms with Gasteiger partial charge < -0.3 is 20.8 Å². The van der Waals surface area contributed by atoms with E-state index < -0.39 is 29.5 Å². The van der Waals surface area contributed by atoms with Gasteiger partial charge in [0.25, 0.3) is 0 Å². The van der Waals surface area contributed by atoms with Gasteiger partial charge >= 0.3 is 17.3 Å². The number of aromatic amines is 2. The molecule has 2 aromatic heterocycles. The number of fused-ring (bicyclic) bond motifs is 1. The van der Waals surface area contributed by atoms with Gasteiger partial charge in [0.1, 0.15) is 0 Å². The Balaban J connectivity index is 2.46. The number of hydrogen-bond acceptors (Lipinski definition) is 4. The molecule has 7 nitrogen and oxygen atoms in total. The van der Waals surface area contributed by atoms with Crippen LogP contribution in [0.25, 0.3) is 22.3 Å². The monoisotopic (exact) mass is 368 g/mol. The lowest BCUT2D eigenvalue weighted by atomic mass is 10.00. The summed E-state index contributed by atoms with van der Waals surface area (Å²) >= 11 is 0. The number of nitrogens with zero attached hydrogens (tertiary/aromatic N) is 1. The first-order valence-electron chi connectivity index (χ1n) is 7.63. The van der Waals surface area contributed by atoms with Gasteiger partial charge in [-0.25, -0.2) is 0 Å². The summed E-state index contributed by atoms with van der Waals surface area (Å²) in [6.45, 7) is -0.660. The Morgan fingerprint density at radius 3 is 2.58 bits per heavy atom. The standard InChI is InChI=1S/C16H15F3N4O3/c17-16(18,19)10-6-11-12(23(3-4-24)15(26)14(25)22-11)5-9(10)13-8(7-20)1-2-21-13/h1-2,5-6,21,24H,3-4,7,20H2,(H,22,25). The summed E-state index contributed by atoms with van der Waals surface area (Å²) in [5.74, 6) is 0. The van der Waals surface area contributed by atoms with Gasteiger partial charge in [0, 0.05) is 24.8 Å². The fourth-order valence-electron chi connectivity index (χ4n) is 2.91. The largest absolute Gasteiger partial charge is 0.417 e. The molecule has 3 aromatic rings. The summed E-state index contributed by atoms with van der Waals surface area (Å²) in [4.78, 5) is 28.7. The van der Waals surface area contributed by atoms with E-state index in [1.165, 1.54) is 6.20 Å². The molecule has 0 saturated heterocycles. The molecule has 26 heavy (non-hydrogen) atoms. The molecule has 0 aliphatic carbocycles. The predicted molar refractivity (Wildman–Crippen MR) is 88.6 cm³/mol. The van der Waals surface area contributed by atoms with Crippen LogP contribution in [-0.2, 0) is 19.3 Å². The number of aliphatic hydroxyl groups excluding tert-OH is 1. The van der Waals surface area contributed by atoms with Crippen molar-refractivity contribution in [1.29, 1.82) is 0 Å². The first-order valence-corrected chi connectivity index (χ1v) is 7.63. The Morgan fingerprint density at radius 1 is 1.23 bits per heavy atom. The predicted octanol–water partition coefficient (Wildman–Crippen LogP) is 1.15. The topological polar surface area (TPSA) is 117 Å². The van der Waals surface area contributed by atoms with Gasteiger partial charge in [0.15, 0.2) is 0 Å². The summed E-state index contributed by atoms with van der Waals surface area (Å²) in [5, 5.41) is 9.14. The molecule has 0 unspecified atom stereocenters.